The number of furan rings is 1. The number of amides is 1. The second-order valence-corrected chi connectivity index (χ2v) is 5.69. The number of fused-ring (bicyclic) bond motifs is 1. The van der Waals surface area contributed by atoms with Crippen LogP contribution in [-0.4, -0.2) is 29.0 Å². The number of rotatable bonds is 5. The van der Waals surface area contributed by atoms with Gasteiger partial charge < -0.3 is 14.5 Å². The van der Waals surface area contributed by atoms with Crippen molar-refractivity contribution in [2.75, 3.05) is 7.11 Å². The maximum atomic E-state index is 12.5. The largest absolute Gasteiger partial charge is 0.497 e. The Hall–Kier alpha value is -2.89. The summed E-state index contributed by atoms with van der Waals surface area (Å²) in [6.07, 6.45) is 5.56. The van der Waals surface area contributed by atoms with Gasteiger partial charge in [-0.15, -0.1) is 0 Å². The Balaban J connectivity index is 1.77. The predicted octanol–water partition coefficient (Wildman–Crippen LogP) is 2.90. The minimum absolute atomic E-state index is 0.0867. The summed E-state index contributed by atoms with van der Waals surface area (Å²) in [6, 6.07) is 5.44. The summed E-state index contributed by atoms with van der Waals surface area (Å²) in [5.41, 5.74) is 2.28. The van der Waals surface area contributed by atoms with Crippen molar-refractivity contribution in [1.29, 1.82) is 0 Å². The lowest BCUT2D eigenvalue weighted by atomic mass is 10.1. The zero-order valence-electron chi connectivity index (χ0n) is 13.9. The summed E-state index contributed by atoms with van der Waals surface area (Å²) in [5, 5.41) is 3.85. The van der Waals surface area contributed by atoms with Crippen LogP contribution in [0.3, 0.4) is 0 Å². The van der Waals surface area contributed by atoms with Crippen molar-refractivity contribution in [2.45, 2.75) is 26.3 Å². The number of hydrogen-bond donors (Lipinski definition) is 1. The Kier molecular flexibility index (Phi) is 4.46. The molecule has 0 aliphatic rings. The van der Waals surface area contributed by atoms with Crippen molar-refractivity contribution in [3.63, 3.8) is 0 Å². The molecule has 1 N–H and O–H groups in total. The normalized spacial score (nSPS) is 12.1. The second-order valence-electron chi connectivity index (χ2n) is 5.69. The number of aryl methyl sites for hydroxylation is 1. The average molecular weight is 325 g/mol. The Bertz CT molecular complexity index is 859. The molecule has 0 saturated heterocycles. The van der Waals surface area contributed by atoms with Gasteiger partial charge >= 0.3 is 0 Å². The zero-order chi connectivity index (χ0) is 17.1. The molecule has 124 valence electrons. The number of methoxy groups -OCH3 is 1. The van der Waals surface area contributed by atoms with Gasteiger partial charge in [-0.3, -0.25) is 14.8 Å². The van der Waals surface area contributed by atoms with Gasteiger partial charge in [-0.1, -0.05) is 0 Å². The van der Waals surface area contributed by atoms with Gasteiger partial charge in [-0.2, -0.15) is 0 Å². The molecule has 0 saturated carbocycles. The maximum absolute atomic E-state index is 12.5. The van der Waals surface area contributed by atoms with Crippen LogP contribution in [0.2, 0.25) is 0 Å². The molecule has 6 heteroatoms. The van der Waals surface area contributed by atoms with Crippen molar-refractivity contribution in [3.8, 4) is 5.75 Å². The summed E-state index contributed by atoms with van der Waals surface area (Å²) in [5.74, 6) is 0.780. The fraction of sp³-hybridized carbons (Fsp3) is 0.278. The molecule has 1 amide bonds. The van der Waals surface area contributed by atoms with Crippen molar-refractivity contribution < 1.29 is 13.9 Å². The number of nitrogens with one attached hydrogen (secondary N) is 1. The smallest absolute Gasteiger partial charge is 0.287 e. The van der Waals surface area contributed by atoms with E-state index in [0.717, 1.165) is 16.6 Å². The molecule has 6 nitrogen and oxygen atoms in total. The Labute approximate surface area is 139 Å². The molecular weight excluding hydrogens is 306 g/mol. The van der Waals surface area contributed by atoms with Crippen LogP contribution in [0.4, 0.5) is 0 Å². The number of ether oxygens (including phenoxy) is 1. The third-order valence-electron chi connectivity index (χ3n) is 3.86. The lowest BCUT2D eigenvalue weighted by Crippen LogP contribution is -2.34. The quantitative estimate of drug-likeness (QED) is 0.780. The van der Waals surface area contributed by atoms with Crippen molar-refractivity contribution >= 4 is 16.9 Å². The minimum atomic E-state index is -0.237. The average Bonchev–Trinajstić information content (AvgIpc) is 2.92. The van der Waals surface area contributed by atoms with E-state index in [9.17, 15) is 4.79 Å². The van der Waals surface area contributed by atoms with E-state index in [0.29, 0.717) is 23.5 Å². The molecule has 2 aromatic heterocycles. The Morgan fingerprint density at radius 2 is 2.21 bits per heavy atom. The van der Waals surface area contributed by atoms with Crippen LogP contribution < -0.4 is 10.1 Å². The molecule has 0 aliphatic carbocycles. The van der Waals surface area contributed by atoms with E-state index >= 15 is 0 Å². The maximum Gasteiger partial charge on any atom is 0.287 e. The highest BCUT2D eigenvalue weighted by Crippen LogP contribution is 2.28. The van der Waals surface area contributed by atoms with Crippen LogP contribution in [0.1, 0.15) is 28.7 Å². The van der Waals surface area contributed by atoms with Crippen LogP contribution in [0, 0.1) is 6.92 Å². The van der Waals surface area contributed by atoms with Gasteiger partial charge in [0.05, 0.1) is 12.8 Å². The van der Waals surface area contributed by atoms with Crippen molar-refractivity contribution in [2.24, 2.45) is 0 Å². The molecule has 1 aromatic carbocycles. The third kappa shape index (κ3) is 3.22. The fourth-order valence-electron chi connectivity index (χ4n) is 2.64. The fourth-order valence-corrected chi connectivity index (χ4v) is 2.64. The first-order valence-corrected chi connectivity index (χ1v) is 7.71. The molecule has 3 rings (SSSR count). The van der Waals surface area contributed by atoms with Gasteiger partial charge in [0.25, 0.3) is 5.91 Å². The number of aromatic nitrogens is 2. The number of nitrogens with zero attached hydrogens (tertiary/aromatic N) is 2. The van der Waals surface area contributed by atoms with E-state index in [-0.39, 0.29) is 11.9 Å². The number of carbonyl (C=O) groups is 1. The van der Waals surface area contributed by atoms with Gasteiger partial charge in [0.2, 0.25) is 0 Å². The zero-order valence-corrected chi connectivity index (χ0v) is 13.9. The topological polar surface area (TPSA) is 77.2 Å². The molecule has 0 aliphatic heterocycles. The first kappa shape index (κ1) is 16.0. The highest BCUT2D eigenvalue weighted by Gasteiger charge is 2.19. The van der Waals surface area contributed by atoms with E-state index in [2.05, 4.69) is 15.3 Å². The lowest BCUT2D eigenvalue weighted by molar-refractivity contribution is 0.0913. The van der Waals surface area contributed by atoms with Crippen LogP contribution in [0.25, 0.3) is 11.0 Å². The highest BCUT2D eigenvalue weighted by atomic mass is 16.5. The molecule has 3 aromatic rings. The molecule has 0 radical (unpaired) electrons. The van der Waals surface area contributed by atoms with E-state index < -0.39 is 0 Å². The molecule has 24 heavy (non-hydrogen) atoms. The second kappa shape index (κ2) is 6.70. The monoisotopic (exact) mass is 325 g/mol. The summed E-state index contributed by atoms with van der Waals surface area (Å²) in [4.78, 5) is 20.8. The Morgan fingerprint density at radius 3 is 2.92 bits per heavy atom. The van der Waals surface area contributed by atoms with E-state index in [1.54, 1.807) is 31.8 Å². The molecule has 0 bridgehead atoms. The number of benzene rings is 1. The molecule has 0 unspecified atom stereocenters. The molecule has 1 atom stereocenters. The first-order chi connectivity index (χ1) is 11.6. The number of carbonyl (C=O) groups excluding carboxylic acids is 1. The van der Waals surface area contributed by atoms with Crippen LogP contribution >= 0.6 is 0 Å². The van der Waals surface area contributed by atoms with E-state index in [4.69, 9.17) is 9.15 Å². The molecule has 2 heterocycles. The summed E-state index contributed by atoms with van der Waals surface area (Å²) in [6.45, 7) is 3.80. The Morgan fingerprint density at radius 1 is 1.38 bits per heavy atom. The number of hydrogen-bond acceptors (Lipinski definition) is 5. The van der Waals surface area contributed by atoms with Crippen LogP contribution in [0.5, 0.6) is 5.75 Å². The van der Waals surface area contributed by atoms with Gasteiger partial charge in [0, 0.05) is 48.1 Å². The summed E-state index contributed by atoms with van der Waals surface area (Å²) < 4.78 is 10.9. The predicted molar refractivity (Wildman–Crippen MR) is 90.2 cm³/mol. The van der Waals surface area contributed by atoms with Gasteiger partial charge in [-0.25, -0.2) is 0 Å². The van der Waals surface area contributed by atoms with Crippen molar-refractivity contribution in [3.05, 3.63) is 53.8 Å². The van der Waals surface area contributed by atoms with Gasteiger partial charge in [0.1, 0.15) is 11.3 Å². The summed E-state index contributed by atoms with van der Waals surface area (Å²) >= 11 is 0. The van der Waals surface area contributed by atoms with Crippen molar-refractivity contribution in [1.82, 2.24) is 15.3 Å². The SMILES string of the molecule is COc1ccc2c(C)c(C(=O)N[C@H](C)Cc3cnccn3)oc2c1. The summed E-state index contributed by atoms with van der Waals surface area (Å²) in [7, 11) is 1.60. The van der Waals surface area contributed by atoms with Crippen LogP contribution in [0.15, 0.2) is 41.2 Å². The minimum Gasteiger partial charge on any atom is -0.497 e. The van der Waals surface area contributed by atoms with Gasteiger partial charge in [0.15, 0.2) is 5.76 Å². The van der Waals surface area contributed by atoms with E-state index in [1.807, 2.05) is 26.0 Å². The standard InChI is InChI=1S/C18H19N3O3/c1-11(8-13-10-19-6-7-20-13)21-18(22)17-12(2)15-5-4-14(23-3)9-16(15)24-17/h4-7,9-11H,8H2,1-3H3,(H,21,22)/t11-/m1/s1. The highest BCUT2D eigenvalue weighted by molar-refractivity contribution is 5.99. The third-order valence-corrected chi connectivity index (χ3v) is 3.86. The first-order valence-electron chi connectivity index (χ1n) is 7.71. The lowest BCUT2D eigenvalue weighted by Gasteiger charge is -2.12. The molecule has 0 spiro atoms. The van der Waals surface area contributed by atoms with Gasteiger partial charge in [-0.05, 0) is 26.0 Å². The molecular formula is C18H19N3O3. The molecule has 0 fully saturated rings. The van der Waals surface area contributed by atoms with Crippen LogP contribution in [-0.2, 0) is 6.42 Å². The van der Waals surface area contributed by atoms with E-state index in [1.165, 1.54) is 0 Å².